The van der Waals surface area contributed by atoms with E-state index in [4.69, 9.17) is 11.6 Å². The summed E-state index contributed by atoms with van der Waals surface area (Å²) in [5, 5.41) is 8.49. The molecular formula is C20H19ClF5N3O2. The molecule has 0 radical (unpaired) electrons. The lowest BCUT2D eigenvalue weighted by Crippen LogP contribution is -2.54. The molecule has 11 heteroatoms. The van der Waals surface area contributed by atoms with Crippen molar-refractivity contribution in [2.45, 2.75) is 31.6 Å². The Morgan fingerprint density at radius 3 is 2.48 bits per heavy atom. The number of pyridine rings is 1. The van der Waals surface area contributed by atoms with Gasteiger partial charge in [0.25, 0.3) is 6.43 Å². The molecule has 1 aromatic heterocycles. The van der Waals surface area contributed by atoms with Crippen molar-refractivity contribution in [2.75, 3.05) is 24.5 Å². The molecule has 0 spiro atoms. The van der Waals surface area contributed by atoms with Gasteiger partial charge in [-0.25, -0.2) is 13.8 Å². The zero-order valence-electron chi connectivity index (χ0n) is 16.1. The van der Waals surface area contributed by atoms with Gasteiger partial charge in [0, 0.05) is 32.4 Å². The number of nitrogens with zero attached hydrogens (tertiary/aromatic N) is 3. The van der Waals surface area contributed by atoms with Crippen LogP contribution in [0.4, 0.5) is 27.8 Å². The van der Waals surface area contributed by atoms with E-state index in [2.05, 4.69) is 4.98 Å². The van der Waals surface area contributed by atoms with Crippen LogP contribution < -0.4 is 4.90 Å². The quantitative estimate of drug-likeness (QED) is 0.620. The SMILES string of the molecule is O=C(O)C[C@H]1CN(Cc2ccccc2)CCN1c1ncc(C(F)(F)F)c(C(F)F)c1Cl. The molecule has 5 nitrogen and oxygen atoms in total. The molecular weight excluding hydrogens is 445 g/mol. The van der Waals surface area contributed by atoms with Crippen LogP contribution in [0, 0.1) is 0 Å². The maximum Gasteiger partial charge on any atom is 0.418 e. The number of carbonyl (C=O) groups is 1. The van der Waals surface area contributed by atoms with Crippen LogP contribution in [0.2, 0.25) is 5.02 Å². The average Bonchev–Trinajstić information content (AvgIpc) is 2.67. The fourth-order valence-electron chi connectivity index (χ4n) is 3.69. The first kappa shape index (κ1) is 23.2. The Labute approximate surface area is 180 Å². The van der Waals surface area contributed by atoms with E-state index >= 15 is 0 Å². The molecule has 0 bridgehead atoms. The Morgan fingerprint density at radius 1 is 1.23 bits per heavy atom. The molecule has 2 aromatic rings. The van der Waals surface area contributed by atoms with Gasteiger partial charge in [-0.15, -0.1) is 0 Å². The monoisotopic (exact) mass is 463 g/mol. The second kappa shape index (κ2) is 9.35. The third-order valence-corrected chi connectivity index (χ3v) is 5.43. The van der Waals surface area contributed by atoms with Crippen molar-refractivity contribution in [1.82, 2.24) is 9.88 Å². The predicted molar refractivity (Wildman–Crippen MR) is 104 cm³/mol. The average molecular weight is 464 g/mol. The van der Waals surface area contributed by atoms with Crippen molar-refractivity contribution in [1.29, 1.82) is 0 Å². The molecule has 1 atom stereocenters. The van der Waals surface area contributed by atoms with Crippen LogP contribution in [0.25, 0.3) is 0 Å². The minimum atomic E-state index is -5.05. The normalized spacial score (nSPS) is 17.9. The Kier molecular flexibility index (Phi) is 7.00. The van der Waals surface area contributed by atoms with E-state index in [9.17, 15) is 31.9 Å². The van der Waals surface area contributed by atoms with Gasteiger partial charge >= 0.3 is 12.1 Å². The molecule has 1 fully saturated rings. The van der Waals surface area contributed by atoms with Gasteiger partial charge < -0.3 is 10.0 Å². The highest BCUT2D eigenvalue weighted by Crippen LogP contribution is 2.43. The van der Waals surface area contributed by atoms with Crippen LogP contribution in [0.5, 0.6) is 0 Å². The predicted octanol–water partition coefficient (Wildman–Crippen LogP) is 4.86. The van der Waals surface area contributed by atoms with Gasteiger partial charge in [-0.05, 0) is 5.56 Å². The summed E-state index contributed by atoms with van der Waals surface area (Å²) in [6, 6.07) is 8.75. The van der Waals surface area contributed by atoms with Crippen molar-refractivity contribution in [3.05, 3.63) is 58.2 Å². The number of anilines is 1. The van der Waals surface area contributed by atoms with Crippen molar-refractivity contribution in [2.24, 2.45) is 0 Å². The summed E-state index contributed by atoms with van der Waals surface area (Å²) < 4.78 is 66.3. The molecule has 168 valence electrons. The maximum atomic E-state index is 13.4. The topological polar surface area (TPSA) is 56.7 Å². The van der Waals surface area contributed by atoms with Crippen molar-refractivity contribution in [3.63, 3.8) is 0 Å². The first-order valence-corrected chi connectivity index (χ1v) is 9.74. The molecule has 0 aliphatic carbocycles. The van der Waals surface area contributed by atoms with Crippen LogP contribution in [0.3, 0.4) is 0 Å². The van der Waals surface area contributed by atoms with Gasteiger partial charge in [0.1, 0.15) is 5.82 Å². The van der Waals surface area contributed by atoms with E-state index < -0.39 is 40.8 Å². The van der Waals surface area contributed by atoms with Gasteiger partial charge in [-0.3, -0.25) is 9.69 Å². The molecule has 1 N–H and O–H groups in total. The third-order valence-electron chi connectivity index (χ3n) is 5.06. The fourth-order valence-corrected chi connectivity index (χ4v) is 4.03. The molecule has 0 unspecified atom stereocenters. The number of piperazine rings is 1. The Balaban J connectivity index is 1.92. The van der Waals surface area contributed by atoms with Crippen LogP contribution in [-0.4, -0.2) is 46.6 Å². The minimum Gasteiger partial charge on any atom is -0.481 e. The number of hydrogen-bond donors (Lipinski definition) is 1. The number of benzene rings is 1. The van der Waals surface area contributed by atoms with E-state index in [1.807, 2.05) is 35.2 Å². The maximum absolute atomic E-state index is 13.4. The van der Waals surface area contributed by atoms with E-state index in [1.54, 1.807) is 0 Å². The summed E-state index contributed by atoms with van der Waals surface area (Å²) in [7, 11) is 0. The van der Waals surface area contributed by atoms with E-state index in [0.29, 0.717) is 19.3 Å². The Bertz CT molecular complexity index is 927. The second-order valence-corrected chi connectivity index (χ2v) is 7.57. The van der Waals surface area contributed by atoms with E-state index in [1.165, 1.54) is 4.90 Å². The summed E-state index contributed by atoms with van der Waals surface area (Å²) in [4.78, 5) is 18.5. The molecule has 31 heavy (non-hydrogen) atoms. The number of aromatic nitrogens is 1. The minimum absolute atomic E-state index is 0.172. The lowest BCUT2D eigenvalue weighted by atomic mass is 10.1. The lowest BCUT2D eigenvalue weighted by Gasteiger charge is -2.42. The standard InChI is InChI=1S/C20H19ClF5N3O2/c21-17-16(18(22)23)14(20(24,25)26)9-27-19(17)29-7-6-28(11-13(29)8-15(30)31)10-12-4-2-1-3-5-12/h1-5,9,13,18H,6-8,10-11H2,(H,30,31)/t13-/m0/s1. The largest absolute Gasteiger partial charge is 0.481 e. The highest BCUT2D eigenvalue weighted by Gasteiger charge is 2.40. The van der Waals surface area contributed by atoms with Gasteiger partial charge in [-0.2, -0.15) is 13.2 Å². The number of carboxylic acid groups (broad SMARTS) is 1. The lowest BCUT2D eigenvalue weighted by molar-refractivity contribution is -0.140. The van der Waals surface area contributed by atoms with E-state index in [0.717, 1.165) is 5.56 Å². The van der Waals surface area contributed by atoms with Crippen LogP contribution in [0.15, 0.2) is 36.5 Å². The fraction of sp³-hybridized carbons (Fsp3) is 0.400. The van der Waals surface area contributed by atoms with Gasteiger partial charge in [-0.1, -0.05) is 41.9 Å². The van der Waals surface area contributed by atoms with Crippen molar-refractivity contribution >= 4 is 23.4 Å². The van der Waals surface area contributed by atoms with Gasteiger partial charge in [0.15, 0.2) is 0 Å². The first-order chi connectivity index (χ1) is 14.6. The number of hydrogen-bond acceptors (Lipinski definition) is 4. The van der Waals surface area contributed by atoms with E-state index in [-0.39, 0.29) is 25.3 Å². The zero-order chi connectivity index (χ0) is 22.8. The number of halogens is 6. The zero-order valence-corrected chi connectivity index (χ0v) is 16.9. The number of alkyl halides is 5. The van der Waals surface area contributed by atoms with Crippen molar-refractivity contribution < 1.29 is 31.9 Å². The summed E-state index contributed by atoms with van der Waals surface area (Å²) in [6.45, 7) is 1.39. The Hall–Kier alpha value is -2.46. The molecule has 0 amide bonds. The van der Waals surface area contributed by atoms with Gasteiger partial charge in [0.05, 0.1) is 28.6 Å². The summed E-state index contributed by atoms with van der Waals surface area (Å²) in [6.07, 6.45) is -8.54. The molecule has 0 saturated carbocycles. The second-order valence-electron chi connectivity index (χ2n) is 7.19. The Morgan fingerprint density at radius 2 is 1.90 bits per heavy atom. The van der Waals surface area contributed by atoms with Crippen LogP contribution in [-0.2, 0) is 17.5 Å². The molecule has 2 heterocycles. The summed E-state index contributed by atoms with van der Waals surface area (Å²) >= 11 is 5.97. The molecule has 1 aromatic carbocycles. The summed E-state index contributed by atoms with van der Waals surface area (Å²) in [5.74, 6) is -1.40. The molecule has 1 saturated heterocycles. The smallest absolute Gasteiger partial charge is 0.418 e. The number of carboxylic acids is 1. The highest BCUT2D eigenvalue weighted by atomic mass is 35.5. The van der Waals surface area contributed by atoms with Crippen LogP contribution >= 0.6 is 11.6 Å². The van der Waals surface area contributed by atoms with Gasteiger partial charge in [0.2, 0.25) is 0 Å². The first-order valence-electron chi connectivity index (χ1n) is 9.36. The van der Waals surface area contributed by atoms with Crippen LogP contribution in [0.1, 0.15) is 29.5 Å². The van der Waals surface area contributed by atoms with Crippen molar-refractivity contribution in [3.8, 4) is 0 Å². The molecule has 3 rings (SSSR count). The number of aliphatic carboxylic acids is 1. The highest BCUT2D eigenvalue weighted by molar-refractivity contribution is 6.34. The summed E-state index contributed by atoms with van der Waals surface area (Å²) in [5.41, 5.74) is -1.94. The molecule has 1 aliphatic heterocycles. The molecule has 1 aliphatic rings. The number of rotatable bonds is 6. The third kappa shape index (κ3) is 5.43.